The molecule has 0 bridgehead atoms. The van der Waals surface area contributed by atoms with Gasteiger partial charge in [0, 0.05) is 30.6 Å². The van der Waals surface area contributed by atoms with Gasteiger partial charge in [-0.1, -0.05) is 0 Å². The lowest BCUT2D eigenvalue weighted by atomic mass is 10.3. The highest BCUT2D eigenvalue weighted by molar-refractivity contribution is 5.45. The van der Waals surface area contributed by atoms with Gasteiger partial charge in [0.25, 0.3) is 0 Å². The zero-order valence-electron chi connectivity index (χ0n) is 7.71. The minimum absolute atomic E-state index is 0.162. The maximum atomic E-state index is 9.40. The molecule has 1 aromatic carbocycles. The van der Waals surface area contributed by atoms with Gasteiger partial charge in [-0.05, 0) is 6.07 Å². The van der Waals surface area contributed by atoms with Crippen molar-refractivity contribution in [1.29, 1.82) is 0 Å². The minimum atomic E-state index is 0.162. The van der Waals surface area contributed by atoms with Crippen LogP contribution in [0.3, 0.4) is 0 Å². The molecule has 0 radical (unpaired) electrons. The van der Waals surface area contributed by atoms with Crippen LogP contribution >= 0.6 is 0 Å². The molecule has 0 saturated heterocycles. The van der Waals surface area contributed by atoms with Crippen molar-refractivity contribution in [2.24, 2.45) is 0 Å². The van der Waals surface area contributed by atoms with Gasteiger partial charge in [0.05, 0.1) is 12.8 Å². The number of phenolic OH excluding ortho intramolecular Hbond substituents is 1. The smallest absolute Gasteiger partial charge is 0.124 e. The molecule has 0 amide bonds. The number of aromatic nitrogens is 2. The molecule has 2 aromatic rings. The number of ether oxygens (including phenoxy) is 1. The van der Waals surface area contributed by atoms with E-state index in [1.165, 1.54) is 0 Å². The van der Waals surface area contributed by atoms with Crippen LogP contribution < -0.4 is 4.74 Å². The van der Waals surface area contributed by atoms with Crippen LogP contribution in [0.4, 0.5) is 0 Å². The molecule has 1 aromatic heterocycles. The molecule has 4 nitrogen and oxygen atoms in total. The summed E-state index contributed by atoms with van der Waals surface area (Å²) in [6.07, 6.45) is 3.48. The normalized spacial score (nSPS) is 10.1. The van der Waals surface area contributed by atoms with Crippen molar-refractivity contribution < 1.29 is 9.84 Å². The topological polar surface area (TPSA) is 47.3 Å². The molecular weight excluding hydrogens is 180 g/mol. The summed E-state index contributed by atoms with van der Waals surface area (Å²) in [6, 6.07) is 6.78. The predicted octanol–water partition coefficient (Wildman–Crippen LogP) is 1.59. The molecule has 2 rings (SSSR count). The first-order valence-corrected chi connectivity index (χ1v) is 4.17. The van der Waals surface area contributed by atoms with Gasteiger partial charge in [-0.25, -0.2) is 4.68 Å². The van der Waals surface area contributed by atoms with Crippen LogP contribution in [0.25, 0.3) is 5.69 Å². The molecule has 0 atom stereocenters. The lowest BCUT2D eigenvalue weighted by Gasteiger charge is -2.05. The average Bonchev–Trinajstić information content (AvgIpc) is 2.69. The van der Waals surface area contributed by atoms with Crippen LogP contribution in [0.1, 0.15) is 0 Å². The summed E-state index contributed by atoms with van der Waals surface area (Å²) >= 11 is 0. The van der Waals surface area contributed by atoms with E-state index in [1.54, 1.807) is 42.4 Å². The summed E-state index contributed by atoms with van der Waals surface area (Å²) in [4.78, 5) is 0. The lowest BCUT2D eigenvalue weighted by molar-refractivity contribution is 0.407. The van der Waals surface area contributed by atoms with Gasteiger partial charge in [-0.15, -0.1) is 0 Å². The van der Waals surface area contributed by atoms with Gasteiger partial charge in [-0.2, -0.15) is 5.10 Å². The van der Waals surface area contributed by atoms with Gasteiger partial charge >= 0.3 is 0 Å². The van der Waals surface area contributed by atoms with Crippen molar-refractivity contribution in [3.8, 4) is 17.2 Å². The fourth-order valence-electron chi connectivity index (χ4n) is 1.24. The van der Waals surface area contributed by atoms with Crippen LogP contribution in [-0.4, -0.2) is 22.0 Å². The number of phenols is 1. The van der Waals surface area contributed by atoms with E-state index in [0.717, 1.165) is 5.69 Å². The Morgan fingerprint density at radius 2 is 2.21 bits per heavy atom. The van der Waals surface area contributed by atoms with Gasteiger partial charge < -0.3 is 9.84 Å². The molecule has 4 heteroatoms. The Kier molecular flexibility index (Phi) is 2.10. The van der Waals surface area contributed by atoms with Gasteiger partial charge in [-0.3, -0.25) is 0 Å². The van der Waals surface area contributed by atoms with Crippen LogP contribution in [0.2, 0.25) is 0 Å². The van der Waals surface area contributed by atoms with Crippen molar-refractivity contribution in [3.05, 3.63) is 36.7 Å². The number of hydrogen-bond donors (Lipinski definition) is 1. The monoisotopic (exact) mass is 190 g/mol. The van der Waals surface area contributed by atoms with Crippen LogP contribution in [0.5, 0.6) is 11.5 Å². The van der Waals surface area contributed by atoms with Crippen molar-refractivity contribution >= 4 is 0 Å². The predicted molar refractivity (Wildman–Crippen MR) is 51.8 cm³/mol. The molecule has 0 aliphatic heterocycles. The number of nitrogens with zero attached hydrogens (tertiary/aromatic N) is 2. The fourth-order valence-corrected chi connectivity index (χ4v) is 1.24. The van der Waals surface area contributed by atoms with E-state index in [1.807, 2.05) is 6.07 Å². The molecule has 1 N–H and O–H groups in total. The van der Waals surface area contributed by atoms with Crippen LogP contribution in [0.15, 0.2) is 36.7 Å². The van der Waals surface area contributed by atoms with Crippen molar-refractivity contribution in [2.75, 3.05) is 7.11 Å². The van der Waals surface area contributed by atoms with E-state index in [4.69, 9.17) is 4.74 Å². The third-order valence-corrected chi connectivity index (χ3v) is 1.88. The third-order valence-electron chi connectivity index (χ3n) is 1.88. The Balaban J connectivity index is 2.48. The Hall–Kier alpha value is -1.97. The number of aromatic hydroxyl groups is 1. The van der Waals surface area contributed by atoms with Crippen molar-refractivity contribution in [2.45, 2.75) is 0 Å². The largest absolute Gasteiger partial charge is 0.508 e. The first-order valence-electron chi connectivity index (χ1n) is 4.17. The second-order valence-corrected chi connectivity index (χ2v) is 2.84. The number of benzene rings is 1. The second kappa shape index (κ2) is 3.41. The Bertz CT molecular complexity index is 424. The molecule has 0 fully saturated rings. The molecular formula is C10H10N2O2. The van der Waals surface area contributed by atoms with Crippen molar-refractivity contribution in [1.82, 2.24) is 9.78 Å². The van der Waals surface area contributed by atoms with E-state index in [-0.39, 0.29) is 5.75 Å². The van der Waals surface area contributed by atoms with Gasteiger partial charge in [0.15, 0.2) is 0 Å². The number of hydrogen-bond acceptors (Lipinski definition) is 3. The third kappa shape index (κ3) is 1.54. The van der Waals surface area contributed by atoms with Gasteiger partial charge in [0.1, 0.15) is 11.5 Å². The first-order chi connectivity index (χ1) is 6.79. The summed E-state index contributed by atoms with van der Waals surface area (Å²) < 4.78 is 6.69. The highest BCUT2D eigenvalue weighted by atomic mass is 16.5. The van der Waals surface area contributed by atoms with Crippen LogP contribution in [0, 0.1) is 0 Å². The van der Waals surface area contributed by atoms with Crippen LogP contribution in [-0.2, 0) is 0 Å². The van der Waals surface area contributed by atoms with E-state index >= 15 is 0 Å². The first kappa shape index (κ1) is 8.62. The standard InChI is InChI=1S/C10H10N2O2/c1-14-10-6-8(5-9(13)7-10)12-4-2-3-11-12/h2-7,13H,1H3. The maximum absolute atomic E-state index is 9.40. The Morgan fingerprint density at radius 3 is 2.86 bits per heavy atom. The fraction of sp³-hybridized carbons (Fsp3) is 0.100. The highest BCUT2D eigenvalue weighted by Gasteiger charge is 2.01. The molecule has 0 unspecified atom stereocenters. The lowest BCUT2D eigenvalue weighted by Crippen LogP contribution is -1.94. The molecule has 0 aliphatic rings. The Morgan fingerprint density at radius 1 is 1.36 bits per heavy atom. The molecule has 0 saturated carbocycles. The zero-order valence-corrected chi connectivity index (χ0v) is 7.71. The SMILES string of the molecule is COc1cc(O)cc(-n2cccn2)c1. The molecule has 14 heavy (non-hydrogen) atoms. The second-order valence-electron chi connectivity index (χ2n) is 2.84. The maximum Gasteiger partial charge on any atom is 0.124 e. The summed E-state index contributed by atoms with van der Waals surface area (Å²) in [5, 5.41) is 13.5. The minimum Gasteiger partial charge on any atom is -0.508 e. The Labute approximate surface area is 81.4 Å². The molecule has 1 heterocycles. The zero-order chi connectivity index (χ0) is 9.97. The van der Waals surface area contributed by atoms with E-state index in [9.17, 15) is 5.11 Å². The summed E-state index contributed by atoms with van der Waals surface area (Å²) in [6.45, 7) is 0. The number of methoxy groups -OCH3 is 1. The van der Waals surface area contributed by atoms with Gasteiger partial charge in [0.2, 0.25) is 0 Å². The molecule has 0 aliphatic carbocycles. The van der Waals surface area contributed by atoms with E-state index < -0.39 is 0 Å². The quantitative estimate of drug-likeness (QED) is 0.782. The molecule has 0 spiro atoms. The van der Waals surface area contributed by atoms with E-state index in [0.29, 0.717) is 5.75 Å². The molecule has 72 valence electrons. The van der Waals surface area contributed by atoms with Crippen molar-refractivity contribution in [3.63, 3.8) is 0 Å². The summed E-state index contributed by atoms with van der Waals surface area (Å²) in [7, 11) is 1.56. The average molecular weight is 190 g/mol. The highest BCUT2D eigenvalue weighted by Crippen LogP contribution is 2.23. The summed E-state index contributed by atoms with van der Waals surface area (Å²) in [5.74, 6) is 0.769. The van der Waals surface area contributed by atoms with E-state index in [2.05, 4.69) is 5.10 Å². The number of rotatable bonds is 2. The summed E-state index contributed by atoms with van der Waals surface area (Å²) in [5.41, 5.74) is 0.770.